The van der Waals surface area contributed by atoms with Gasteiger partial charge in [0.2, 0.25) is 0 Å². The number of hydrogen-bond donors (Lipinski definition) is 1. The molecule has 0 aliphatic carbocycles. The smallest absolute Gasteiger partial charge is 0.139 e. The van der Waals surface area contributed by atoms with E-state index in [0.717, 1.165) is 16.6 Å². The largest absolute Gasteiger partial charge is 0.398 e. The molecule has 4 heteroatoms. The van der Waals surface area contributed by atoms with Gasteiger partial charge in [-0.1, -0.05) is 0 Å². The minimum Gasteiger partial charge on any atom is -0.398 e. The number of aryl methyl sites for hydroxylation is 1. The molecule has 15 heavy (non-hydrogen) atoms. The lowest BCUT2D eigenvalue weighted by molar-refractivity contribution is 0.623. The first kappa shape index (κ1) is 10.4. The number of aromatic nitrogens is 1. The van der Waals surface area contributed by atoms with Gasteiger partial charge in [-0.2, -0.15) is 0 Å². The van der Waals surface area contributed by atoms with Gasteiger partial charge < -0.3 is 5.73 Å². The van der Waals surface area contributed by atoms with Crippen LogP contribution in [0.1, 0.15) is 11.3 Å². The Balaban J connectivity index is 2.93. The second-order valence-electron chi connectivity index (χ2n) is 3.52. The summed E-state index contributed by atoms with van der Waals surface area (Å²) in [6, 6.07) is 3.06. The fourth-order valence-corrected chi connectivity index (χ4v) is 1.85. The first-order valence-corrected chi connectivity index (χ1v) is 5.31. The number of anilines is 1. The normalized spacial score (nSPS) is 10.9. The molecule has 0 saturated heterocycles. The molecule has 78 valence electrons. The molecule has 0 aliphatic heterocycles. The highest BCUT2D eigenvalue weighted by Gasteiger charge is 2.09. The van der Waals surface area contributed by atoms with Gasteiger partial charge in [-0.3, -0.25) is 4.98 Å². The van der Waals surface area contributed by atoms with Gasteiger partial charge in [-0.15, -0.1) is 0 Å². The van der Waals surface area contributed by atoms with E-state index in [1.807, 2.05) is 13.8 Å². The third-order valence-corrected chi connectivity index (χ3v) is 3.17. The second-order valence-corrected chi connectivity index (χ2v) is 4.37. The van der Waals surface area contributed by atoms with E-state index in [0.29, 0.717) is 15.7 Å². The Morgan fingerprint density at radius 2 is 2.00 bits per heavy atom. The lowest BCUT2D eigenvalue weighted by atomic mass is 10.1. The number of fused-ring (bicyclic) bond motifs is 1. The molecule has 0 fully saturated rings. The van der Waals surface area contributed by atoms with Gasteiger partial charge in [0.05, 0.1) is 9.99 Å². The van der Waals surface area contributed by atoms with Crippen molar-refractivity contribution in [3.63, 3.8) is 0 Å². The van der Waals surface area contributed by atoms with Crippen LogP contribution in [0, 0.1) is 19.7 Å². The van der Waals surface area contributed by atoms with E-state index in [4.69, 9.17) is 5.73 Å². The van der Waals surface area contributed by atoms with Crippen LogP contribution in [-0.4, -0.2) is 4.98 Å². The van der Waals surface area contributed by atoms with Crippen molar-refractivity contribution in [1.29, 1.82) is 0 Å². The molecule has 2 N–H and O–H groups in total. The number of nitrogens with zero attached hydrogens (tertiary/aromatic N) is 1. The Hall–Kier alpha value is -1.16. The fraction of sp³-hybridized carbons (Fsp3) is 0.182. The maximum absolute atomic E-state index is 13.3. The van der Waals surface area contributed by atoms with Gasteiger partial charge in [0.1, 0.15) is 5.82 Å². The fourth-order valence-electron chi connectivity index (χ4n) is 1.51. The van der Waals surface area contributed by atoms with Crippen LogP contribution in [0.25, 0.3) is 10.9 Å². The van der Waals surface area contributed by atoms with E-state index in [1.54, 1.807) is 6.07 Å². The van der Waals surface area contributed by atoms with Gasteiger partial charge in [0, 0.05) is 22.8 Å². The predicted octanol–water partition coefficient (Wildman–Crippen LogP) is 3.34. The third kappa shape index (κ3) is 1.59. The molecule has 0 unspecified atom stereocenters. The monoisotopic (exact) mass is 268 g/mol. The van der Waals surface area contributed by atoms with Crippen LogP contribution in [-0.2, 0) is 0 Å². The molecule has 2 nitrogen and oxygen atoms in total. The predicted molar refractivity (Wildman–Crippen MR) is 63.3 cm³/mol. The summed E-state index contributed by atoms with van der Waals surface area (Å²) in [5, 5.41) is 0.784. The van der Waals surface area contributed by atoms with E-state index in [9.17, 15) is 4.39 Å². The molecule has 2 rings (SSSR count). The lowest BCUT2D eigenvalue weighted by Gasteiger charge is -2.08. The Morgan fingerprint density at radius 1 is 1.33 bits per heavy atom. The van der Waals surface area contributed by atoms with Gasteiger partial charge in [-0.05, 0) is 41.4 Å². The van der Waals surface area contributed by atoms with Crippen LogP contribution < -0.4 is 5.73 Å². The average Bonchev–Trinajstić information content (AvgIpc) is 2.19. The van der Waals surface area contributed by atoms with Crippen LogP contribution in [0.3, 0.4) is 0 Å². The molecule has 1 heterocycles. The highest BCUT2D eigenvalue weighted by Crippen LogP contribution is 2.29. The van der Waals surface area contributed by atoms with Crippen molar-refractivity contribution in [2.75, 3.05) is 5.73 Å². The minimum absolute atomic E-state index is 0.322. The van der Waals surface area contributed by atoms with Crippen molar-refractivity contribution in [2.45, 2.75) is 13.8 Å². The number of pyridine rings is 1. The Morgan fingerprint density at radius 3 is 2.67 bits per heavy atom. The van der Waals surface area contributed by atoms with E-state index < -0.39 is 0 Å². The van der Waals surface area contributed by atoms with Gasteiger partial charge in [0.15, 0.2) is 0 Å². The zero-order chi connectivity index (χ0) is 11.2. The molecule has 1 aromatic carbocycles. The maximum Gasteiger partial charge on any atom is 0.139 e. The summed E-state index contributed by atoms with van der Waals surface area (Å²) in [6.45, 7) is 3.78. The number of nitrogens with two attached hydrogens (primary N) is 1. The standard InChI is InChI=1S/C11H10BrFN2/c1-5-6(2)15-10-4-9(13)8(12)3-7(10)11(5)14/h3-4H,1-2H3,(H2,14,15). The molecule has 0 saturated carbocycles. The highest BCUT2D eigenvalue weighted by molar-refractivity contribution is 9.10. The number of halogens is 2. The van der Waals surface area contributed by atoms with Crippen LogP contribution in [0.5, 0.6) is 0 Å². The second kappa shape index (κ2) is 3.45. The Labute approximate surface area is 95.4 Å². The highest BCUT2D eigenvalue weighted by atomic mass is 79.9. The van der Waals surface area contributed by atoms with Crippen molar-refractivity contribution >= 4 is 32.5 Å². The quantitative estimate of drug-likeness (QED) is 0.796. The molecule has 0 bridgehead atoms. The summed E-state index contributed by atoms with van der Waals surface area (Å²) in [7, 11) is 0. The van der Waals surface area contributed by atoms with Crippen LogP contribution in [0.2, 0.25) is 0 Å². The minimum atomic E-state index is -0.322. The third-order valence-electron chi connectivity index (χ3n) is 2.56. The molecular weight excluding hydrogens is 259 g/mol. The van der Waals surface area contributed by atoms with Crippen LogP contribution in [0.15, 0.2) is 16.6 Å². The maximum atomic E-state index is 13.3. The van der Waals surface area contributed by atoms with E-state index >= 15 is 0 Å². The van der Waals surface area contributed by atoms with Gasteiger partial charge in [-0.25, -0.2) is 4.39 Å². The van der Waals surface area contributed by atoms with Gasteiger partial charge >= 0.3 is 0 Å². The zero-order valence-electron chi connectivity index (χ0n) is 8.44. The molecular formula is C11H10BrFN2. The topological polar surface area (TPSA) is 38.9 Å². The molecule has 0 amide bonds. The molecule has 0 spiro atoms. The average molecular weight is 269 g/mol. The summed E-state index contributed by atoms with van der Waals surface area (Å²) < 4.78 is 13.7. The van der Waals surface area contributed by atoms with Crippen LogP contribution >= 0.6 is 15.9 Å². The summed E-state index contributed by atoms with van der Waals surface area (Å²) in [6.07, 6.45) is 0. The lowest BCUT2D eigenvalue weighted by Crippen LogP contribution is -1.98. The molecule has 0 radical (unpaired) electrons. The Kier molecular flexibility index (Phi) is 2.38. The van der Waals surface area contributed by atoms with Crippen molar-refractivity contribution < 1.29 is 4.39 Å². The summed E-state index contributed by atoms with van der Waals surface area (Å²) in [4.78, 5) is 4.30. The first-order valence-electron chi connectivity index (χ1n) is 4.52. The number of benzene rings is 1. The zero-order valence-corrected chi connectivity index (χ0v) is 10.0. The van der Waals surface area contributed by atoms with Crippen molar-refractivity contribution in [1.82, 2.24) is 4.98 Å². The molecule has 0 atom stereocenters. The number of hydrogen-bond acceptors (Lipinski definition) is 2. The van der Waals surface area contributed by atoms with Crippen molar-refractivity contribution in [3.05, 3.63) is 33.7 Å². The SMILES string of the molecule is Cc1nc2cc(F)c(Br)cc2c(N)c1C. The van der Waals surface area contributed by atoms with E-state index in [1.165, 1.54) is 6.07 Å². The first-order chi connectivity index (χ1) is 7.00. The van der Waals surface area contributed by atoms with E-state index in [-0.39, 0.29) is 5.82 Å². The van der Waals surface area contributed by atoms with E-state index in [2.05, 4.69) is 20.9 Å². The van der Waals surface area contributed by atoms with Gasteiger partial charge in [0.25, 0.3) is 0 Å². The molecule has 0 aliphatic rings. The molecule has 2 aromatic rings. The summed E-state index contributed by atoms with van der Waals surface area (Å²) >= 11 is 3.14. The summed E-state index contributed by atoms with van der Waals surface area (Å²) in [5.41, 5.74) is 8.99. The Bertz CT molecular complexity index is 547. The van der Waals surface area contributed by atoms with Crippen molar-refractivity contribution in [3.8, 4) is 0 Å². The van der Waals surface area contributed by atoms with Crippen LogP contribution in [0.4, 0.5) is 10.1 Å². The summed E-state index contributed by atoms with van der Waals surface area (Å²) in [5.74, 6) is -0.322. The number of nitrogen functional groups attached to an aromatic ring is 1. The molecule has 1 aromatic heterocycles. The van der Waals surface area contributed by atoms with Crippen molar-refractivity contribution in [2.24, 2.45) is 0 Å². The number of rotatable bonds is 0.